The molecule has 0 aliphatic carbocycles. The van der Waals surface area contributed by atoms with Crippen molar-refractivity contribution < 1.29 is 4.39 Å². The fraction of sp³-hybridized carbons (Fsp3) is 0. The lowest BCUT2D eigenvalue weighted by atomic mass is 10.2. The Morgan fingerprint density at radius 3 is 2.80 bits per heavy atom. The maximum atomic E-state index is 13.4. The Labute approximate surface area is 90.2 Å². The van der Waals surface area contributed by atoms with E-state index in [4.69, 9.17) is 0 Å². The van der Waals surface area contributed by atoms with Gasteiger partial charge in [0.25, 0.3) is 0 Å². The van der Waals surface area contributed by atoms with Crippen molar-refractivity contribution in [2.75, 3.05) is 0 Å². The molecule has 0 saturated heterocycles. The first kappa shape index (κ1) is 8.68. The van der Waals surface area contributed by atoms with Gasteiger partial charge in [0.05, 0.1) is 10.6 Å². The van der Waals surface area contributed by atoms with Gasteiger partial charge in [0.1, 0.15) is 5.82 Å². The smallest absolute Gasteiger partial charge is 0.132 e. The summed E-state index contributed by atoms with van der Waals surface area (Å²) in [6.07, 6.45) is 0. The van der Waals surface area contributed by atoms with E-state index in [1.54, 1.807) is 17.4 Å². The van der Waals surface area contributed by atoms with Crippen molar-refractivity contribution in [3.05, 3.63) is 47.6 Å². The van der Waals surface area contributed by atoms with E-state index < -0.39 is 0 Å². The van der Waals surface area contributed by atoms with Crippen LogP contribution in [-0.4, -0.2) is 4.98 Å². The van der Waals surface area contributed by atoms with Crippen molar-refractivity contribution in [1.82, 2.24) is 4.98 Å². The number of aromatic nitrogens is 1. The van der Waals surface area contributed by atoms with Gasteiger partial charge >= 0.3 is 0 Å². The highest BCUT2D eigenvalue weighted by atomic mass is 32.1. The molecule has 0 aliphatic rings. The highest BCUT2D eigenvalue weighted by Crippen LogP contribution is 2.28. The second kappa shape index (κ2) is 3.21. The Kier molecular flexibility index (Phi) is 1.86. The van der Waals surface area contributed by atoms with Crippen molar-refractivity contribution in [2.24, 2.45) is 0 Å². The number of rotatable bonds is 1. The summed E-state index contributed by atoms with van der Waals surface area (Å²) in [4.78, 5) is 4.34. The van der Waals surface area contributed by atoms with E-state index in [1.807, 2.05) is 29.6 Å². The van der Waals surface area contributed by atoms with Crippen LogP contribution in [0, 0.1) is 5.82 Å². The highest BCUT2D eigenvalue weighted by molar-refractivity contribution is 7.13. The number of halogens is 1. The molecule has 0 unspecified atom stereocenters. The van der Waals surface area contributed by atoms with Crippen LogP contribution in [0.3, 0.4) is 0 Å². The van der Waals surface area contributed by atoms with E-state index in [0.717, 1.165) is 16.1 Å². The van der Waals surface area contributed by atoms with E-state index in [9.17, 15) is 4.39 Å². The van der Waals surface area contributed by atoms with Gasteiger partial charge in [0.15, 0.2) is 0 Å². The number of aromatic amines is 1. The summed E-state index contributed by atoms with van der Waals surface area (Å²) in [5, 5.41) is 2.66. The molecule has 2 heterocycles. The van der Waals surface area contributed by atoms with Crippen LogP contribution in [0.4, 0.5) is 4.39 Å². The maximum Gasteiger partial charge on any atom is 0.132 e. The van der Waals surface area contributed by atoms with Crippen molar-refractivity contribution in [3.63, 3.8) is 0 Å². The lowest BCUT2D eigenvalue weighted by molar-refractivity contribution is 0.640. The van der Waals surface area contributed by atoms with Crippen molar-refractivity contribution >= 4 is 22.2 Å². The predicted molar refractivity (Wildman–Crippen MR) is 61.6 cm³/mol. The maximum absolute atomic E-state index is 13.4. The Hall–Kier alpha value is -1.61. The summed E-state index contributed by atoms with van der Waals surface area (Å²) in [7, 11) is 0. The number of H-pyrrole nitrogens is 1. The zero-order valence-corrected chi connectivity index (χ0v) is 8.64. The van der Waals surface area contributed by atoms with Crippen LogP contribution in [0.2, 0.25) is 0 Å². The molecule has 1 nitrogen and oxygen atoms in total. The van der Waals surface area contributed by atoms with Crippen LogP contribution in [-0.2, 0) is 0 Å². The largest absolute Gasteiger partial charge is 0.354 e. The quantitative estimate of drug-likeness (QED) is 0.633. The van der Waals surface area contributed by atoms with E-state index in [0.29, 0.717) is 5.39 Å². The lowest BCUT2D eigenvalue weighted by Crippen LogP contribution is -1.72. The molecule has 1 aromatic carbocycles. The van der Waals surface area contributed by atoms with Crippen LogP contribution in [0.15, 0.2) is 41.8 Å². The molecule has 3 rings (SSSR count). The van der Waals surface area contributed by atoms with Crippen LogP contribution in [0.1, 0.15) is 0 Å². The Morgan fingerprint density at radius 1 is 1.13 bits per heavy atom. The Balaban J connectivity index is 2.27. The second-order valence-corrected chi connectivity index (χ2v) is 4.31. The molecule has 74 valence electrons. The summed E-state index contributed by atoms with van der Waals surface area (Å²) in [6, 6.07) is 10.9. The van der Waals surface area contributed by atoms with Gasteiger partial charge in [-0.25, -0.2) is 4.39 Å². The molecule has 0 amide bonds. The van der Waals surface area contributed by atoms with Gasteiger partial charge in [0.2, 0.25) is 0 Å². The average Bonchev–Trinajstić information content (AvgIpc) is 2.86. The number of fused-ring (bicyclic) bond motifs is 1. The fourth-order valence-corrected chi connectivity index (χ4v) is 2.38. The molecule has 0 saturated carbocycles. The first-order valence-electron chi connectivity index (χ1n) is 4.66. The Bertz CT molecular complexity index is 595. The van der Waals surface area contributed by atoms with E-state index in [-0.39, 0.29) is 5.82 Å². The minimum absolute atomic E-state index is 0.174. The number of thiophene rings is 1. The highest BCUT2D eigenvalue weighted by Gasteiger charge is 2.06. The van der Waals surface area contributed by atoms with Gasteiger partial charge in [-0.1, -0.05) is 12.1 Å². The van der Waals surface area contributed by atoms with Crippen LogP contribution < -0.4 is 0 Å². The predicted octanol–water partition coefficient (Wildman–Crippen LogP) is 4.04. The molecule has 0 fully saturated rings. The van der Waals surface area contributed by atoms with Gasteiger partial charge in [0, 0.05) is 10.9 Å². The van der Waals surface area contributed by atoms with Crippen molar-refractivity contribution in [2.45, 2.75) is 0 Å². The molecule has 15 heavy (non-hydrogen) atoms. The van der Waals surface area contributed by atoms with Gasteiger partial charge < -0.3 is 4.98 Å². The molecule has 0 spiro atoms. The number of hydrogen-bond donors (Lipinski definition) is 1. The summed E-state index contributed by atoms with van der Waals surface area (Å²) >= 11 is 1.64. The van der Waals surface area contributed by atoms with Crippen molar-refractivity contribution in [1.29, 1.82) is 0 Å². The number of nitrogens with one attached hydrogen (secondary N) is 1. The standard InChI is InChI=1S/C12H8FNS/c13-9-3-1-4-10-8(9)7-11(14-10)12-5-2-6-15-12/h1-7,14H. The van der Waals surface area contributed by atoms with E-state index >= 15 is 0 Å². The molecule has 3 heteroatoms. The third-order valence-electron chi connectivity index (χ3n) is 2.40. The van der Waals surface area contributed by atoms with Gasteiger partial charge in [-0.05, 0) is 29.6 Å². The monoisotopic (exact) mass is 217 g/mol. The number of benzene rings is 1. The molecule has 2 aromatic heterocycles. The molecule has 0 atom stereocenters. The zero-order chi connectivity index (χ0) is 10.3. The molecule has 0 aliphatic heterocycles. The molecule has 0 radical (unpaired) electrons. The molecule has 0 bridgehead atoms. The summed E-state index contributed by atoms with van der Waals surface area (Å²) in [6.45, 7) is 0. The molecule has 3 aromatic rings. The van der Waals surface area contributed by atoms with Gasteiger partial charge in [-0.15, -0.1) is 11.3 Å². The summed E-state index contributed by atoms with van der Waals surface area (Å²) in [5.74, 6) is -0.174. The third-order valence-corrected chi connectivity index (χ3v) is 3.30. The molecular formula is C12H8FNS. The third kappa shape index (κ3) is 1.36. The molecule has 1 N–H and O–H groups in total. The van der Waals surface area contributed by atoms with E-state index in [2.05, 4.69) is 4.98 Å². The van der Waals surface area contributed by atoms with Crippen LogP contribution in [0.25, 0.3) is 21.5 Å². The lowest BCUT2D eigenvalue weighted by Gasteiger charge is -1.89. The minimum Gasteiger partial charge on any atom is -0.354 e. The Morgan fingerprint density at radius 2 is 2.07 bits per heavy atom. The van der Waals surface area contributed by atoms with Crippen LogP contribution >= 0.6 is 11.3 Å². The fourth-order valence-electron chi connectivity index (χ4n) is 1.68. The van der Waals surface area contributed by atoms with Crippen molar-refractivity contribution in [3.8, 4) is 10.6 Å². The van der Waals surface area contributed by atoms with Gasteiger partial charge in [-0.2, -0.15) is 0 Å². The summed E-state index contributed by atoms with van der Waals surface area (Å²) < 4.78 is 13.4. The normalized spacial score (nSPS) is 11.0. The van der Waals surface area contributed by atoms with Crippen LogP contribution in [0.5, 0.6) is 0 Å². The SMILES string of the molecule is Fc1cccc2[nH]c(-c3cccs3)cc12. The molecular weight excluding hydrogens is 209 g/mol. The van der Waals surface area contributed by atoms with E-state index in [1.165, 1.54) is 6.07 Å². The average molecular weight is 217 g/mol. The summed E-state index contributed by atoms with van der Waals surface area (Å²) in [5.41, 5.74) is 1.82. The second-order valence-electron chi connectivity index (χ2n) is 3.36. The number of hydrogen-bond acceptors (Lipinski definition) is 1. The first-order valence-corrected chi connectivity index (χ1v) is 5.54. The minimum atomic E-state index is -0.174. The topological polar surface area (TPSA) is 15.8 Å². The van der Waals surface area contributed by atoms with Gasteiger partial charge in [-0.3, -0.25) is 0 Å². The first-order chi connectivity index (χ1) is 7.34. The zero-order valence-electron chi connectivity index (χ0n) is 7.83.